The van der Waals surface area contributed by atoms with Crippen LogP contribution in [0, 0.1) is 0 Å². The van der Waals surface area contributed by atoms with Crippen molar-refractivity contribution in [1.82, 2.24) is 4.98 Å². The highest BCUT2D eigenvalue weighted by Gasteiger charge is 2.08. The molecule has 6 heteroatoms. The van der Waals surface area contributed by atoms with Crippen molar-refractivity contribution in [1.29, 1.82) is 0 Å². The third kappa shape index (κ3) is 3.86. The first kappa shape index (κ1) is 15.6. The number of pyridine rings is 1. The highest BCUT2D eigenvalue weighted by atomic mass is 35.5. The van der Waals surface area contributed by atoms with E-state index in [1.165, 1.54) is 0 Å². The van der Waals surface area contributed by atoms with Gasteiger partial charge in [0.05, 0.1) is 5.71 Å². The quantitative estimate of drug-likeness (QED) is 0.518. The van der Waals surface area contributed by atoms with Crippen LogP contribution in [-0.2, 0) is 0 Å². The summed E-state index contributed by atoms with van der Waals surface area (Å²) >= 11 is 12.0. The van der Waals surface area contributed by atoms with Crippen LogP contribution in [0.3, 0.4) is 0 Å². The molecule has 0 fully saturated rings. The standard InChI is InChI=1S/C15H16Cl2N4/c1-10(12-9-11(16)7-8-13(12)18-2)20-21(3)15-6-4-5-14(17)19-15/h4-9,18H,1-3H3/b20-10+. The Morgan fingerprint density at radius 3 is 2.67 bits per heavy atom. The lowest BCUT2D eigenvalue weighted by Gasteiger charge is -2.15. The van der Waals surface area contributed by atoms with Gasteiger partial charge in [0.15, 0.2) is 0 Å². The molecular weight excluding hydrogens is 307 g/mol. The van der Waals surface area contributed by atoms with Crippen LogP contribution in [0.5, 0.6) is 0 Å². The van der Waals surface area contributed by atoms with Crippen LogP contribution in [0.25, 0.3) is 0 Å². The lowest BCUT2D eigenvalue weighted by atomic mass is 10.1. The van der Waals surface area contributed by atoms with Gasteiger partial charge in [0.1, 0.15) is 11.0 Å². The first-order chi connectivity index (χ1) is 10.0. The monoisotopic (exact) mass is 322 g/mol. The molecule has 2 aromatic rings. The van der Waals surface area contributed by atoms with Gasteiger partial charge in [0.2, 0.25) is 0 Å². The third-order valence-electron chi connectivity index (χ3n) is 2.97. The summed E-state index contributed by atoms with van der Waals surface area (Å²) < 4.78 is 0. The zero-order valence-corrected chi connectivity index (χ0v) is 13.6. The highest BCUT2D eigenvalue weighted by molar-refractivity contribution is 6.31. The van der Waals surface area contributed by atoms with Crippen LogP contribution >= 0.6 is 23.2 Å². The lowest BCUT2D eigenvalue weighted by Crippen LogP contribution is -2.14. The van der Waals surface area contributed by atoms with Crippen LogP contribution in [0.15, 0.2) is 41.5 Å². The second-order valence-electron chi connectivity index (χ2n) is 4.47. The molecule has 0 spiro atoms. The number of hydrogen-bond donors (Lipinski definition) is 1. The number of hydrogen-bond acceptors (Lipinski definition) is 4. The van der Waals surface area contributed by atoms with E-state index in [-0.39, 0.29) is 0 Å². The maximum absolute atomic E-state index is 6.07. The first-order valence-electron chi connectivity index (χ1n) is 6.40. The molecule has 0 atom stereocenters. The van der Waals surface area contributed by atoms with E-state index in [1.54, 1.807) is 11.1 Å². The third-order valence-corrected chi connectivity index (χ3v) is 3.42. The maximum atomic E-state index is 6.07. The second kappa shape index (κ2) is 6.78. The van der Waals surface area contributed by atoms with Crippen molar-refractivity contribution < 1.29 is 0 Å². The molecule has 0 saturated carbocycles. The van der Waals surface area contributed by atoms with Crippen molar-refractivity contribution in [2.75, 3.05) is 24.4 Å². The highest BCUT2D eigenvalue weighted by Crippen LogP contribution is 2.22. The molecule has 21 heavy (non-hydrogen) atoms. The number of aromatic nitrogens is 1. The van der Waals surface area contributed by atoms with Crippen molar-refractivity contribution in [3.63, 3.8) is 0 Å². The summed E-state index contributed by atoms with van der Waals surface area (Å²) in [6, 6.07) is 11.1. The fourth-order valence-electron chi connectivity index (χ4n) is 1.94. The van der Waals surface area contributed by atoms with E-state index in [1.807, 2.05) is 51.4 Å². The minimum Gasteiger partial charge on any atom is -0.388 e. The molecule has 0 aliphatic heterocycles. The summed E-state index contributed by atoms with van der Waals surface area (Å²) in [7, 11) is 3.69. The molecule has 0 saturated heterocycles. The molecule has 110 valence electrons. The van der Waals surface area contributed by atoms with Crippen molar-refractivity contribution in [2.45, 2.75) is 6.92 Å². The van der Waals surface area contributed by atoms with Gasteiger partial charge in [-0.05, 0) is 37.3 Å². The van der Waals surface area contributed by atoms with E-state index in [2.05, 4.69) is 15.4 Å². The van der Waals surface area contributed by atoms with Crippen molar-refractivity contribution >= 4 is 40.4 Å². The number of nitrogens with one attached hydrogen (secondary N) is 1. The summed E-state index contributed by atoms with van der Waals surface area (Å²) in [5, 5.41) is 10.5. The largest absolute Gasteiger partial charge is 0.388 e. The summed E-state index contributed by atoms with van der Waals surface area (Å²) in [4.78, 5) is 4.22. The molecule has 2 rings (SSSR count). The normalized spacial score (nSPS) is 11.4. The number of nitrogens with zero attached hydrogens (tertiary/aromatic N) is 3. The molecule has 1 N–H and O–H groups in total. The van der Waals surface area contributed by atoms with Crippen molar-refractivity contribution in [2.24, 2.45) is 5.10 Å². The fourth-order valence-corrected chi connectivity index (χ4v) is 2.27. The average Bonchev–Trinajstić information content (AvgIpc) is 2.47. The maximum Gasteiger partial charge on any atom is 0.150 e. The number of halogens is 2. The Balaban J connectivity index is 2.34. The van der Waals surface area contributed by atoms with Crippen molar-refractivity contribution in [3.8, 4) is 0 Å². The summed E-state index contributed by atoms with van der Waals surface area (Å²) in [5.41, 5.74) is 2.73. The molecule has 4 nitrogen and oxygen atoms in total. The van der Waals surface area contributed by atoms with Gasteiger partial charge in [-0.25, -0.2) is 4.98 Å². The molecule has 1 heterocycles. The second-order valence-corrected chi connectivity index (χ2v) is 5.29. The van der Waals surface area contributed by atoms with E-state index in [0.717, 1.165) is 17.0 Å². The average molecular weight is 323 g/mol. The van der Waals surface area contributed by atoms with Crippen LogP contribution < -0.4 is 10.3 Å². The van der Waals surface area contributed by atoms with Crippen LogP contribution in [0.4, 0.5) is 11.5 Å². The van der Waals surface area contributed by atoms with E-state index >= 15 is 0 Å². The van der Waals surface area contributed by atoms with Crippen LogP contribution in [-0.4, -0.2) is 24.8 Å². The van der Waals surface area contributed by atoms with E-state index < -0.39 is 0 Å². The lowest BCUT2D eigenvalue weighted by molar-refractivity contribution is 0.975. The number of anilines is 2. The van der Waals surface area contributed by atoms with Gasteiger partial charge in [0, 0.05) is 30.4 Å². The molecule has 1 aromatic carbocycles. The molecular formula is C15H16Cl2N4. The van der Waals surface area contributed by atoms with E-state index in [9.17, 15) is 0 Å². The first-order valence-corrected chi connectivity index (χ1v) is 7.16. The molecule has 0 radical (unpaired) electrons. The molecule has 0 aliphatic rings. The zero-order chi connectivity index (χ0) is 15.4. The Morgan fingerprint density at radius 1 is 1.24 bits per heavy atom. The van der Waals surface area contributed by atoms with Gasteiger partial charge in [-0.2, -0.15) is 5.10 Å². The van der Waals surface area contributed by atoms with Crippen LogP contribution in [0.2, 0.25) is 10.2 Å². The predicted molar refractivity (Wildman–Crippen MR) is 90.9 cm³/mol. The van der Waals surface area contributed by atoms with Gasteiger partial charge < -0.3 is 5.32 Å². The molecule has 0 bridgehead atoms. The molecule has 0 amide bonds. The Kier molecular flexibility index (Phi) is 5.04. The van der Waals surface area contributed by atoms with E-state index in [0.29, 0.717) is 16.0 Å². The van der Waals surface area contributed by atoms with Gasteiger partial charge in [-0.1, -0.05) is 29.3 Å². The topological polar surface area (TPSA) is 40.5 Å². The Labute approximate surface area is 134 Å². The minimum absolute atomic E-state index is 0.436. The Hall–Kier alpha value is -1.78. The van der Waals surface area contributed by atoms with Crippen LogP contribution in [0.1, 0.15) is 12.5 Å². The minimum atomic E-state index is 0.436. The number of hydrazone groups is 1. The SMILES string of the molecule is CNc1ccc(Cl)cc1/C(C)=N/N(C)c1cccc(Cl)n1. The van der Waals surface area contributed by atoms with Gasteiger partial charge in [0.25, 0.3) is 0 Å². The van der Waals surface area contributed by atoms with Gasteiger partial charge in [-0.15, -0.1) is 0 Å². The van der Waals surface area contributed by atoms with Crippen molar-refractivity contribution in [3.05, 3.63) is 52.1 Å². The Bertz CT molecular complexity index is 670. The summed E-state index contributed by atoms with van der Waals surface area (Å²) in [6.45, 7) is 1.92. The van der Waals surface area contributed by atoms with Gasteiger partial charge in [-0.3, -0.25) is 5.01 Å². The van der Waals surface area contributed by atoms with E-state index in [4.69, 9.17) is 23.2 Å². The smallest absolute Gasteiger partial charge is 0.150 e. The number of benzene rings is 1. The molecule has 0 unspecified atom stereocenters. The number of rotatable bonds is 4. The summed E-state index contributed by atoms with van der Waals surface area (Å²) in [6.07, 6.45) is 0. The summed E-state index contributed by atoms with van der Waals surface area (Å²) in [5.74, 6) is 0.676. The van der Waals surface area contributed by atoms with Gasteiger partial charge >= 0.3 is 0 Å². The Morgan fingerprint density at radius 2 is 2.00 bits per heavy atom. The zero-order valence-electron chi connectivity index (χ0n) is 12.1. The molecule has 1 aromatic heterocycles. The fraction of sp³-hybridized carbons (Fsp3) is 0.200. The molecule has 0 aliphatic carbocycles. The predicted octanol–water partition coefficient (Wildman–Crippen LogP) is 4.29.